The molecular formula is C18H18N2O3. The molecule has 0 aromatic heterocycles. The monoisotopic (exact) mass is 310 g/mol. The lowest BCUT2D eigenvalue weighted by molar-refractivity contribution is -0.384. The first-order chi connectivity index (χ1) is 11.1. The van der Waals surface area contributed by atoms with Crippen LogP contribution >= 0.6 is 0 Å². The first-order valence-corrected chi connectivity index (χ1v) is 7.41. The highest BCUT2D eigenvalue weighted by molar-refractivity contribution is 6.24. The summed E-state index contributed by atoms with van der Waals surface area (Å²) in [5.74, 6) is -0.190. The number of rotatable bonds is 6. The zero-order valence-electron chi connectivity index (χ0n) is 12.9. The van der Waals surface area contributed by atoms with Gasteiger partial charge in [0.2, 0.25) is 0 Å². The molecule has 0 aliphatic carbocycles. The summed E-state index contributed by atoms with van der Waals surface area (Å²) < 4.78 is 0. The molecule has 5 nitrogen and oxygen atoms in total. The van der Waals surface area contributed by atoms with E-state index in [1.165, 1.54) is 12.1 Å². The summed E-state index contributed by atoms with van der Waals surface area (Å²) in [7, 11) is 0. The maximum absolute atomic E-state index is 12.4. The molecule has 5 heteroatoms. The predicted molar refractivity (Wildman–Crippen MR) is 90.7 cm³/mol. The van der Waals surface area contributed by atoms with Crippen LogP contribution in [0.25, 0.3) is 11.6 Å². The smallest absolute Gasteiger partial charge is 0.270 e. The number of amides is 1. The number of non-ortho nitro benzene ring substituents is 1. The predicted octanol–water partition coefficient (Wildman–Crippen LogP) is 3.66. The fourth-order valence-corrected chi connectivity index (χ4v) is 2.13. The van der Waals surface area contributed by atoms with Crippen molar-refractivity contribution in [3.05, 3.63) is 75.8 Å². The first-order valence-electron chi connectivity index (χ1n) is 7.41. The van der Waals surface area contributed by atoms with Crippen LogP contribution in [0.5, 0.6) is 0 Å². The van der Waals surface area contributed by atoms with Crippen LogP contribution in [0.15, 0.2) is 54.6 Å². The van der Waals surface area contributed by atoms with Crippen molar-refractivity contribution in [1.82, 2.24) is 5.32 Å². The Bertz CT molecular complexity index is 724. The average molecular weight is 310 g/mol. The molecule has 0 saturated heterocycles. The van der Waals surface area contributed by atoms with Crippen molar-refractivity contribution in [2.75, 3.05) is 6.54 Å². The lowest BCUT2D eigenvalue weighted by Crippen LogP contribution is -2.24. The van der Waals surface area contributed by atoms with Gasteiger partial charge in [0.05, 0.1) is 4.92 Å². The molecule has 2 rings (SSSR count). The molecule has 0 unspecified atom stereocenters. The van der Waals surface area contributed by atoms with E-state index in [1.54, 1.807) is 18.2 Å². The number of nitro benzene ring substituents is 1. The van der Waals surface area contributed by atoms with Gasteiger partial charge in [-0.25, -0.2) is 0 Å². The molecule has 0 aliphatic rings. The van der Waals surface area contributed by atoms with Crippen molar-refractivity contribution < 1.29 is 9.72 Å². The van der Waals surface area contributed by atoms with Gasteiger partial charge in [-0.3, -0.25) is 14.9 Å². The third-order valence-electron chi connectivity index (χ3n) is 3.26. The molecule has 1 N–H and O–H groups in total. The molecular weight excluding hydrogens is 292 g/mol. The molecule has 2 aromatic carbocycles. The fourth-order valence-electron chi connectivity index (χ4n) is 2.13. The minimum atomic E-state index is -0.448. The molecule has 2 aromatic rings. The van der Waals surface area contributed by atoms with Crippen molar-refractivity contribution in [3.63, 3.8) is 0 Å². The number of hydrogen-bond donors (Lipinski definition) is 1. The number of nitrogens with one attached hydrogen (secondary N) is 1. The summed E-state index contributed by atoms with van der Waals surface area (Å²) in [5, 5.41) is 13.7. The molecule has 23 heavy (non-hydrogen) atoms. The van der Waals surface area contributed by atoms with Gasteiger partial charge in [-0.15, -0.1) is 0 Å². The highest BCUT2D eigenvalue weighted by Crippen LogP contribution is 2.21. The van der Waals surface area contributed by atoms with E-state index in [0.29, 0.717) is 17.7 Å². The molecule has 0 spiro atoms. The van der Waals surface area contributed by atoms with Crippen LogP contribution in [0.3, 0.4) is 0 Å². The summed E-state index contributed by atoms with van der Waals surface area (Å²) >= 11 is 0. The summed E-state index contributed by atoms with van der Waals surface area (Å²) in [5.41, 5.74) is 1.87. The van der Waals surface area contributed by atoms with Gasteiger partial charge in [0, 0.05) is 24.3 Å². The summed E-state index contributed by atoms with van der Waals surface area (Å²) in [6.07, 6.45) is 2.51. The van der Waals surface area contributed by atoms with Crippen molar-refractivity contribution in [1.29, 1.82) is 0 Å². The maximum Gasteiger partial charge on any atom is 0.270 e. The van der Waals surface area contributed by atoms with Crippen LogP contribution in [0.1, 0.15) is 24.5 Å². The molecule has 1 amide bonds. The molecule has 118 valence electrons. The van der Waals surface area contributed by atoms with E-state index >= 15 is 0 Å². The molecule has 0 saturated carbocycles. The van der Waals surface area contributed by atoms with Gasteiger partial charge in [-0.2, -0.15) is 0 Å². The highest BCUT2D eigenvalue weighted by Gasteiger charge is 2.12. The Balaban J connectivity index is 2.42. The molecule has 0 radical (unpaired) electrons. The lowest BCUT2D eigenvalue weighted by Gasteiger charge is -2.09. The average Bonchev–Trinajstić information content (AvgIpc) is 2.58. The zero-order chi connectivity index (χ0) is 16.7. The minimum Gasteiger partial charge on any atom is -0.352 e. The summed E-state index contributed by atoms with van der Waals surface area (Å²) in [6.45, 7) is 2.56. The Morgan fingerprint density at radius 2 is 1.91 bits per heavy atom. The first kappa shape index (κ1) is 16.4. The Morgan fingerprint density at radius 1 is 1.17 bits per heavy atom. The van der Waals surface area contributed by atoms with Crippen LogP contribution in [-0.4, -0.2) is 17.4 Å². The van der Waals surface area contributed by atoms with E-state index in [2.05, 4.69) is 5.32 Å². The topological polar surface area (TPSA) is 72.2 Å². The van der Waals surface area contributed by atoms with Crippen LogP contribution < -0.4 is 5.32 Å². The van der Waals surface area contributed by atoms with Crippen LogP contribution in [-0.2, 0) is 4.79 Å². The van der Waals surface area contributed by atoms with Gasteiger partial charge in [-0.05, 0) is 23.6 Å². The number of hydrogen-bond acceptors (Lipinski definition) is 3. The number of nitro groups is 1. The van der Waals surface area contributed by atoms with Gasteiger partial charge in [0.15, 0.2) is 0 Å². The third-order valence-corrected chi connectivity index (χ3v) is 3.26. The van der Waals surface area contributed by atoms with E-state index in [9.17, 15) is 14.9 Å². The normalized spacial score (nSPS) is 11.1. The summed E-state index contributed by atoms with van der Waals surface area (Å²) in [6, 6.07) is 15.5. The van der Waals surface area contributed by atoms with Gasteiger partial charge in [0.1, 0.15) is 0 Å². The molecule has 0 heterocycles. The van der Waals surface area contributed by atoms with Crippen LogP contribution in [0, 0.1) is 10.1 Å². The number of benzene rings is 2. The van der Waals surface area contributed by atoms with Crippen molar-refractivity contribution in [2.45, 2.75) is 13.3 Å². The molecule has 0 aliphatic heterocycles. The largest absolute Gasteiger partial charge is 0.352 e. The van der Waals surface area contributed by atoms with Gasteiger partial charge in [0.25, 0.3) is 11.6 Å². The SMILES string of the molecule is CCCNC(=O)/C(=C/c1cccc([N+](=O)[O-])c1)c1ccccc1. The van der Waals surface area contributed by atoms with E-state index in [0.717, 1.165) is 12.0 Å². The maximum atomic E-state index is 12.4. The number of nitrogens with zero attached hydrogens (tertiary/aromatic N) is 1. The second-order valence-corrected chi connectivity index (χ2v) is 5.03. The van der Waals surface area contributed by atoms with Crippen molar-refractivity contribution in [3.8, 4) is 0 Å². The Morgan fingerprint density at radius 3 is 2.57 bits per heavy atom. The lowest BCUT2D eigenvalue weighted by atomic mass is 10.0. The second-order valence-electron chi connectivity index (χ2n) is 5.03. The van der Waals surface area contributed by atoms with Crippen LogP contribution in [0.4, 0.5) is 5.69 Å². The Labute approximate surface area is 134 Å². The van der Waals surface area contributed by atoms with E-state index in [4.69, 9.17) is 0 Å². The van der Waals surface area contributed by atoms with Gasteiger partial charge in [-0.1, -0.05) is 49.4 Å². The molecule has 0 bridgehead atoms. The standard InChI is InChI=1S/C18H18N2O3/c1-2-11-19-18(21)17(15-8-4-3-5-9-15)13-14-7-6-10-16(12-14)20(22)23/h3-10,12-13H,2,11H2,1H3,(H,19,21)/b17-13+. The van der Waals surface area contributed by atoms with Crippen molar-refractivity contribution >= 4 is 23.2 Å². The van der Waals surface area contributed by atoms with Crippen LogP contribution in [0.2, 0.25) is 0 Å². The Kier molecular flexibility index (Phi) is 5.63. The van der Waals surface area contributed by atoms with Gasteiger partial charge >= 0.3 is 0 Å². The molecule has 0 atom stereocenters. The minimum absolute atomic E-state index is 0.000119. The summed E-state index contributed by atoms with van der Waals surface area (Å²) in [4.78, 5) is 22.9. The number of carbonyl (C=O) groups is 1. The van der Waals surface area contributed by atoms with E-state index < -0.39 is 4.92 Å². The van der Waals surface area contributed by atoms with E-state index in [1.807, 2.05) is 37.3 Å². The molecule has 0 fully saturated rings. The van der Waals surface area contributed by atoms with Crippen molar-refractivity contribution in [2.24, 2.45) is 0 Å². The third kappa shape index (κ3) is 4.51. The Hall–Kier alpha value is -2.95. The zero-order valence-corrected chi connectivity index (χ0v) is 12.9. The second kappa shape index (κ2) is 7.89. The quantitative estimate of drug-likeness (QED) is 0.383. The number of carbonyl (C=O) groups excluding carboxylic acids is 1. The highest BCUT2D eigenvalue weighted by atomic mass is 16.6. The van der Waals surface area contributed by atoms with Gasteiger partial charge < -0.3 is 5.32 Å². The van der Waals surface area contributed by atoms with E-state index in [-0.39, 0.29) is 11.6 Å². The fraction of sp³-hybridized carbons (Fsp3) is 0.167.